The standard InChI is InChI=1S/C25H25ClN2O3/c1-25(2)30-16-22(23(31-25)17-10-4-3-5-11-17)28-24(29)27-21-15-9-7-13-19(21)18-12-6-8-14-20(18)26/h3-15,22-23H,16H2,1-2H3,(H2,27,28,29)/t22-,23-/m0/s1. The Bertz CT molecular complexity index is 1060. The number of benzene rings is 3. The molecule has 2 N–H and O–H groups in total. The van der Waals surface area contributed by atoms with E-state index in [0.717, 1.165) is 16.7 Å². The number of nitrogens with one attached hydrogen (secondary N) is 2. The molecule has 0 aromatic heterocycles. The van der Waals surface area contributed by atoms with E-state index in [-0.39, 0.29) is 18.2 Å². The van der Waals surface area contributed by atoms with Crippen LogP contribution in [0.1, 0.15) is 25.5 Å². The summed E-state index contributed by atoms with van der Waals surface area (Å²) >= 11 is 6.38. The van der Waals surface area contributed by atoms with Gasteiger partial charge in [-0.1, -0.05) is 78.3 Å². The number of carbonyl (C=O) groups excluding carboxylic acids is 1. The van der Waals surface area contributed by atoms with Crippen molar-refractivity contribution < 1.29 is 14.3 Å². The number of amides is 2. The van der Waals surface area contributed by atoms with Crippen LogP contribution >= 0.6 is 11.6 Å². The quantitative estimate of drug-likeness (QED) is 0.525. The molecule has 1 fully saturated rings. The number of anilines is 1. The van der Waals surface area contributed by atoms with Crippen LogP contribution in [0, 0.1) is 0 Å². The van der Waals surface area contributed by atoms with Crippen molar-refractivity contribution in [3.8, 4) is 11.1 Å². The summed E-state index contributed by atoms with van der Waals surface area (Å²) in [7, 11) is 0. The summed E-state index contributed by atoms with van der Waals surface area (Å²) in [4.78, 5) is 12.9. The van der Waals surface area contributed by atoms with Crippen molar-refractivity contribution in [2.24, 2.45) is 0 Å². The second kappa shape index (κ2) is 9.10. The van der Waals surface area contributed by atoms with E-state index in [1.165, 1.54) is 0 Å². The Hall–Kier alpha value is -2.86. The predicted octanol–water partition coefficient (Wildman–Crippen LogP) is 6.02. The van der Waals surface area contributed by atoms with Crippen LogP contribution < -0.4 is 10.6 Å². The Morgan fingerprint density at radius 1 is 0.935 bits per heavy atom. The summed E-state index contributed by atoms with van der Waals surface area (Å²) in [6.07, 6.45) is -0.325. The second-order valence-corrected chi connectivity index (χ2v) is 8.30. The van der Waals surface area contributed by atoms with Crippen LogP contribution in [0.4, 0.5) is 10.5 Å². The third kappa shape index (κ3) is 5.07. The van der Waals surface area contributed by atoms with Gasteiger partial charge in [0.05, 0.1) is 18.3 Å². The molecule has 2 amide bonds. The van der Waals surface area contributed by atoms with Crippen LogP contribution in [0.2, 0.25) is 5.02 Å². The first-order chi connectivity index (χ1) is 14.9. The zero-order valence-electron chi connectivity index (χ0n) is 17.5. The number of ether oxygens (including phenoxy) is 2. The molecule has 160 valence electrons. The summed E-state index contributed by atoms with van der Waals surface area (Å²) in [5.41, 5.74) is 3.36. The van der Waals surface area contributed by atoms with Crippen LogP contribution in [0.15, 0.2) is 78.9 Å². The molecule has 1 saturated heterocycles. The van der Waals surface area contributed by atoms with Crippen molar-refractivity contribution in [1.82, 2.24) is 5.32 Å². The molecule has 3 aromatic carbocycles. The highest BCUT2D eigenvalue weighted by molar-refractivity contribution is 6.33. The zero-order valence-corrected chi connectivity index (χ0v) is 18.2. The smallest absolute Gasteiger partial charge is 0.319 e. The normalized spacial score (nSPS) is 20.1. The molecule has 1 aliphatic rings. The molecule has 0 saturated carbocycles. The third-order valence-corrected chi connectivity index (χ3v) is 5.50. The topological polar surface area (TPSA) is 59.6 Å². The van der Waals surface area contributed by atoms with Gasteiger partial charge in [0, 0.05) is 16.1 Å². The van der Waals surface area contributed by atoms with Gasteiger partial charge in [0.2, 0.25) is 0 Å². The van der Waals surface area contributed by atoms with E-state index in [2.05, 4.69) is 10.6 Å². The molecular formula is C25H25ClN2O3. The van der Waals surface area contributed by atoms with E-state index in [1.54, 1.807) is 0 Å². The fraction of sp³-hybridized carbons (Fsp3) is 0.240. The Kier molecular flexibility index (Phi) is 6.28. The summed E-state index contributed by atoms with van der Waals surface area (Å²) in [5.74, 6) is -0.730. The first-order valence-corrected chi connectivity index (χ1v) is 10.6. The molecule has 0 aliphatic carbocycles. The number of halogens is 1. The minimum Gasteiger partial charge on any atom is -0.348 e. The molecule has 1 heterocycles. The van der Waals surface area contributed by atoms with Crippen LogP contribution in [0.5, 0.6) is 0 Å². The van der Waals surface area contributed by atoms with Crippen molar-refractivity contribution in [1.29, 1.82) is 0 Å². The summed E-state index contributed by atoms with van der Waals surface area (Å²) in [6.45, 7) is 4.09. The second-order valence-electron chi connectivity index (χ2n) is 7.89. The van der Waals surface area contributed by atoms with Crippen molar-refractivity contribution in [3.05, 3.63) is 89.4 Å². The van der Waals surface area contributed by atoms with E-state index in [4.69, 9.17) is 21.1 Å². The van der Waals surface area contributed by atoms with Gasteiger partial charge < -0.3 is 20.1 Å². The van der Waals surface area contributed by atoms with Crippen LogP contribution in [-0.4, -0.2) is 24.5 Å². The van der Waals surface area contributed by atoms with Crippen molar-refractivity contribution in [3.63, 3.8) is 0 Å². The maximum atomic E-state index is 12.9. The van der Waals surface area contributed by atoms with Gasteiger partial charge in [0.15, 0.2) is 5.79 Å². The highest BCUT2D eigenvalue weighted by atomic mass is 35.5. The van der Waals surface area contributed by atoms with E-state index in [0.29, 0.717) is 17.3 Å². The molecule has 31 heavy (non-hydrogen) atoms. The lowest BCUT2D eigenvalue weighted by molar-refractivity contribution is -0.284. The Balaban J connectivity index is 1.53. The number of rotatable bonds is 4. The third-order valence-electron chi connectivity index (χ3n) is 5.17. The highest BCUT2D eigenvalue weighted by Gasteiger charge is 2.38. The molecule has 4 rings (SSSR count). The molecule has 0 bridgehead atoms. The SMILES string of the molecule is CC1(C)OC[C@H](NC(=O)Nc2ccccc2-c2ccccc2Cl)[C@H](c2ccccc2)O1. The molecule has 5 nitrogen and oxygen atoms in total. The Labute approximate surface area is 187 Å². The minimum absolute atomic E-state index is 0.325. The number of para-hydroxylation sites is 1. The van der Waals surface area contributed by atoms with Crippen LogP contribution in [-0.2, 0) is 9.47 Å². The monoisotopic (exact) mass is 436 g/mol. The maximum absolute atomic E-state index is 12.9. The molecule has 2 atom stereocenters. The number of urea groups is 1. The fourth-order valence-corrected chi connectivity index (χ4v) is 3.93. The average Bonchev–Trinajstić information content (AvgIpc) is 2.76. The number of hydrogen-bond acceptors (Lipinski definition) is 3. The van der Waals surface area contributed by atoms with Gasteiger partial charge >= 0.3 is 6.03 Å². The number of carbonyl (C=O) groups is 1. The van der Waals surface area contributed by atoms with E-state index >= 15 is 0 Å². The predicted molar refractivity (Wildman–Crippen MR) is 123 cm³/mol. The van der Waals surface area contributed by atoms with Gasteiger partial charge in [0.1, 0.15) is 6.10 Å². The Morgan fingerprint density at radius 2 is 1.58 bits per heavy atom. The van der Waals surface area contributed by atoms with Gasteiger partial charge in [-0.2, -0.15) is 0 Å². The Morgan fingerprint density at radius 3 is 2.32 bits per heavy atom. The summed E-state index contributed by atoms with van der Waals surface area (Å²) in [5, 5.41) is 6.59. The van der Waals surface area contributed by atoms with E-state index in [1.807, 2.05) is 92.7 Å². The van der Waals surface area contributed by atoms with E-state index in [9.17, 15) is 4.79 Å². The van der Waals surface area contributed by atoms with E-state index < -0.39 is 5.79 Å². The maximum Gasteiger partial charge on any atom is 0.319 e. The van der Waals surface area contributed by atoms with Crippen LogP contribution in [0.25, 0.3) is 11.1 Å². The molecular weight excluding hydrogens is 412 g/mol. The first-order valence-electron chi connectivity index (χ1n) is 10.2. The van der Waals surface area contributed by atoms with Gasteiger partial charge in [-0.25, -0.2) is 4.79 Å². The van der Waals surface area contributed by atoms with Gasteiger partial charge in [-0.15, -0.1) is 0 Å². The number of hydrogen-bond donors (Lipinski definition) is 2. The van der Waals surface area contributed by atoms with Crippen molar-refractivity contribution in [2.75, 3.05) is 11.9 Å². The van der Waals surface area contributed by atoms with Crippen LogP contribution in [0.3, 0.4) is 0 Å². The lowest BCUT2D eigenvalue weighted by atomic mass is 10.0. The molecule has 1 aliphatic heterocycles. The summed E-state index contributed by atoms with van der Waals surface area (Å²) in [6, 6.07) is 24.3. The molecule has 3 aromatic rings. The molecule has 0 spiro atoms. The van der Waals surface area contributed by atoms with Crippen molar-refractivity contribution in [2.45, 2.75) is 31.8 Å². The summed E-state index contributed by atoms with van der Waals surface area (Å²) < 4.78 is 12.0. The largest absolute Gasteiger partial charge is 0.348 e. The fourth-order valence-electron chi connectivity index (χ4n) is 3.69. The van der Waals surface area contributed by atoms with Crippen molar-refractivity contribution >= 4 is 23.3 Å². The first kappa shape index (κ1) is 21.4. The average molecular weight is 437 g/mol. The van der Waals surface area contributed by atoms with Gasteiger partial charge in [-0.3, -0.25) is 0 Å². The molecule has 0 radical (unpaired) electrons. The minimum atomic E-state index is -0.730. The molecule has 0 unspecified atom stereocenters. The lowest BCUT2D eigenvalue weighted by Crippen LogP contribution is -2.52. The highest BCUT2D eigenvalue weighted by Crippen LogP contribution is 2.34. The zero-order chi connectivity index (χ0) is 21.8. The lowest BCUT2D eigenvalue weighted by Gasteiger charge is -2.41. The van der Waals surface area contributed by atoms with Gasteiger partial charge in [0.25, 0.3) is 0 Å². The molecule has 6 heteroatoms. The van der Waals surface area contributed by atoms with Gasteiger partial charge in [-0.05, 0) is 31.5 Å².